The number of benzene rings is 1. The maximum atomic E-state index is 13.3. The molecule has 0 unspecified atom stereocenters. The van der Waals surface area contributed by atoms with E-state index in [2.05, 4.69) is 0 Å². The number of rotatable bonds is 5. The summed E-state index contributed by atoms with van der Waals surface area (Å²) in [6.07, 6.45) is 3.28. The summed E-state index contributed by atoms with van der Waals surface area (Å²) in [5.41, 5.74) is -0.00174. The van der Waals surface area contributed by atoms with Crippen molar-refractivity contribution in [1.29, 1.82) is 0 Å². The maximum Gasteiger partial charge on any atom is 0.242 e. The van der Waals surface area contributed by atoms with Crippen molar-refractivity contribution < 1.29 is 17.9 Å². The molecule has 1 aromatic carbocycles. The number of hydrogen-bond acceptors (Lipinski definition) is 3. The molecule has 6 heteroatoms. The molecule has 0 amide bonds. The number of sulfonamides is 1. The van der Waals surface area contributed by atoms with Gasteiger partial charge in [0.1, 0.15) is 5.82 Å². The van der Waals surface area contributed by atoms with Gasteiger partial charge in [0.15, 0.2) is 0 Å². The topological polar surface area (TPSA) is 57.6 Å². The second kappa shape index (κ2) is 5.56. The second-order valence-corrected chi connectivity index (χ2v) is 7.04. The number of aliphatic hydroxyl groups excluding tert-OH is 1. The van der Waals surface area contributed by atoms with Crippen LogP contribution in [0.2, 0.25) is 0 Å². The predicted molar refractivity (Wildman–Crippen MR) is 69.5 cm³/mol. The summed E-state index contributed by atoms with van der Waals surface area (Å²) in [5, 5.41) is 8.99. The van der Waals surface area contributed by atoms with Crippen LogP contribution in [-0.4, -0.2) is 31.4 Å². The Morgan fingerprint density at radius 3 is 2.63 bits per heavy atom. The summed E-state index contributed by atoms with van der Waals surface area (Å²) in [6.45, 7) is -0.0182. The Balaban J connectivity index is 2.22. The smallest absolute Gasteiger partial charge is 0.242 e. The van der Waals surface area contributed by atoms with E-state index in [0.29, 0.717) is 12.5 Å². The van der Waals surface area contributed by atoms with Gasteiger partial charge in [0.2, 0.25) is 10.0 Å². The summed E-state index contributed by atoms with van der Waals surface area (Å²) in [5.74, 6) is -0.166. The highest BCUT2D eigenvalue weighted by Crippen LogP contribution is 2.28. The Bertz CT molecular complexity index is 555. The molecule has 1 aliphatic carbocycles. The molecule has 0 atom stereocenters. The molecule has 0 aromatic heterocycles. The molecule has 4 nitrogen and oxygen atoms in total. The van der Waals surface area contributed by atoms with Crippen molar-refractivity contribution in [2.45, 2.75) is 30.8 Å². The lowest BCUT2D eigenvalue weighted by Crippen LogP contribution is -2.34. The van der Waals surface area contributed by atoms with E-state index in [4.69, 9.17) is 5.11 Å². The number of halogens is 1. The number of hydrogen-bond donors (Lipinski definition) is 1. The summed E-state index contributed by atoms with van der Waals surface area (Å²) < 4.78 is 39.2. The monoisotopic (exact) mass is 287 g/mol. The minimum Gasteiger partial charge on any atom is -0.392 e. The lowest BCUT2D eigenvalue weighted by atomic mass is 9.86. The highest BCUT2D eigenvalue weighted by Gasteiger charge is 2.27. The number of nitrogens with zero attached hydrogens (tertiary/aromatic N) is 1. The second-order valence-electron chi connectivity index (χ2n) is 4.99. The molecule has 1 N–H and O–H groups in total. The first-order valence-electron chi connectivity index (χ1n) is 6.31. The van der Waals surface area contributed by atoms with Crippen LogP contribution in [0.1, 0.15) is 24.8 Å². The van der Waals surface area contributed by atoms with Gasteiger partial charge in [0.25, 0.3) is 0 Å². The number of aliphatic hydroxyl groups is 1. The van der Waals surface area contributed by atoms with Crippen molar-refractivity contribution in [2.75, 3.05) is 13.6 Å². The van der Waals surface area contributed by atoms with Gasteiger partial charge in [-0.2, -0.15) is 0 Å². The standard InChI is InChI=1S/C13H18FNO3S/c1-15(8-10-3-2-4-10)19(17,18)12-5-6-13(14)11(7-12)9-16/h5-7,10,16H,2-4,8-9H2,1H3. The summed E-state index contributed by atoms with van der Waals surface area (Å²) >= 11 is 0. The molecule has 0 saturated heterocycles. The average molecular weight is 287 g/mol. The summed E-state index contributed by atoms with van der Waals surface area (Å²) in [7, 11) is -2.07. The largest absolute Gasteiger partial charge is 0.392 e. The van der Waals surface area contributed by atoms with Crippen LogP contribution in [0, 0.1) is 11.7 Å². The van der Waals surface area contributed by atoms with Crippen LogP contribution in [0.4, 0.5) is 4.39 Å². The van der Waals surface area contributed by atoms with E-state index in [0.717, 1.165) is 25.3 Å². The van der Waals surface area contributed by atoms with Gasteiger partial charge in [-0.25, -0.2) is 17.1 Å². The van der Waals surface area contributed by atoms with Crippen LogP contribution >= 0.6 is 0 Å². The van der Waals surface area contributed by atoms with E-state index < -0.39 is 22.4 Å². The van der Waals surface area contributed by atoms with Crippen molar-refractivity contribution in [2.24, 2.45) is 5.92 Å². The van der Waals surface area contributed by atoms with Gasteiger partial charge in [-0.05, 0) is 37.0 Å². The van der Waals surface area contributed by atoms with Crippen LogP contribution in [0.5, 0.6) is 0 Å². The third-order valence-electron chi connectivity index (χ3n) is 3.64. The Morgan fingerprint density at radius 1 is 1.42 bits per heavy atom. The Hall–Kier alpha value is -0.980. The molecule has 0 radical (unpaired) electrons. The first-order valence-corrected chi connectivity index (χ1v) is 7.75. The minimum absolute atomic E-state index is 0.00174. The predicted octanol–water partition coefficient (Wildman–Crippen LogP) is 1.74. The summed E-state index contributed by atoms with van der Waals surface area (Å²) in [4.78, 5) is 0.0276. The van der Waals surface area contributed by atoms with Crippen molar-refractivity contribution in [3.05, 3.63) is 29.6 Å². The normalized spacial score (nSPS) is 16.6. The molecule has 1 aliphatic rings. The van der Waals surface area contributed by atoms with E-state index in [-0.39, 0.29) is 10.5 Å². The van der Waals surface area contributed by atoms with E-state index in [1.54, 1.807) is 0 Å². The van der Waals surface area contributed by atoms with Gasteiger partial charge in [-0.1, -0.05) is 6.42 Å². The SMILES string of the molecule is CN(CC1CCC1)S(=O)(=O)c1ccc(F)c(CO)c1. The third kappa shape index (κ3) is 2.96. The van der Waals surface area contributed by atoms with Crippen LogP contribution in [0.15, 0.2) is 23.1 Å². The fourth-order valence-electron chi connectivity index (χ4n) is 2.15. The molecule has 0 heterocycles. The van der Waals surface area contributed by atoms with Crippen LogP contribution in [-0.2, 0) is 16.6 Å². The molecule has 1 aromatic rings. The maximum absolute atomic E-state index is 13.3. The Morgan fingerprint density at radius 2 is 2.11 bits per heavy atom. The van der Waals surface area contributed by atoms with Crippen molar-refractivity contribution in [3.8, 4) is 0 Å². The lowest BCUT2D eigenvalue weighted by Gasteiger charge is -2.29. The lowest BCUT2D eigenvalue weighted by molar-refractivity contribution is 0.262. The minimum atomic E-state index is -3.60. The Labute approximate surface area is 112 Å². The molecule has 106 valence electrons. The molecule has 19 heavy (non-hydrogen) atoms. The first-order chi connectivity index (χ1) is 8.95. The van der Waals surface area contributed by atoms with E-state index in [1.165, 1.54) is 23.5 Å². The molecular weight excluding hydrogens is 269 g/mol. The van der Waals surface area contributed by atoms with Gasteiger partial charge < -0.3 is 5.11 Å². The zero-order chi connectivity index (χ0) is 14.0. The van der Waals surface area contributed by atoms with Gasteiger partial charge in [-0.3, -0.25) is 0 Å². The first kappa shape index (κ1) is 14.4. The van der Waals surface area contributed by atoms with Crippen molar-refractivity contribution >= 4 is 10.0 Å². The molecular formula is C13H18FNO3S. The van der Waals surface area contributed by atoms with Gasteiger partial charge >= 0.3 is 0 Å². The third-order valence-corrected chi connectivity index (χ3v) is 5.46. The average Bonchev–Trinajstić information content (AvgIpc) is 2.33. The Kier molecular flexibility index (Phi) is 4.23. The van der Waals surface area contributed by atoms with E-state index in [1.807, 2.05) is 0 Å². The van der Waals surface area contributed by atoms with Crippen LogP contribution < -0.4 is 0 Å². The highest BCUT2D eigenvalue weighted by molar-refractivity contribution is 7.89. The van der Waals surface area contributed by atoms with Crippen LogP contribution in [0.25, 0.3) is 0 Å². The molecule has 0 bridgehead atoms. The fraction of sp³-hybridized carbons (Fsp3) is 0.538. The van der Waals surface area contributed by atoms with Gasteiger partial charge in [0, 0.05) is 19.2 Å². The van der Waals surface area contributed by atoms with Crippen molar-refractivity contribution in [3.63, 3.8) is 0 Å². The van der Waals surface area contributed by atoms with Crippen LogP contribution in [0.3, 0.4) is 0 Å². The molecule has 2 rings (SSSR count). The van der Waals surface area contributed by atoms with Gasteiger partial charge in [0.05, 0.1) is 11.5 Å². The van der Waals surface area contributed by atoms with E-state index in [9.17, 15) is 12.8 Å². The fourth-order valence-corrected chi connectivity index (χ4v) is 3.45. The highest BCUT2D eigenvalue weighted by atomic mass is 32.2. The quantitative estimate of drug-likeness (QED) is 0.897. The van der Waals surface area contributed by atoms with Gasteiger partial charge in [-0.15, -0.1) is 0 Å². The summed E-state index contributed by atoms with van der Waals surface area (Å²) in [6, 6.07) is 3.51. The zero-order valence-corrected chi connectivity index (χ0v) is 11.7. The zero-order valence-electron chi connectivity index (χ0n) is 10.8. The molecule has 1 fully saturated rings. The van der Waals surface area contributed by atoms with Crippen molar-refractivity contribution in [1.82, 2.24) is 4.31 Å². The molecule has 1 saturated carbocycles. The molecule has 0 aliphatic heterocycles. The van der Waals surface area contributed by atoms with E-state index >= 15 is 0 Å². The molecule has 0 spiro atoms.